The SMILES string of the molecule is C[C@]12CC[C@H]3[C@@H](CC[C@H]4C[C@@](O)(CF)CC[C@@H]43)[C@@H]1CC[C@@H]2C(=O)Cn1cccn1. The number of hydrogen-bond donors (Lipinski definition) is 1. The van der Waals surface area contributed by atoms with Crippen molar-refractivity contribution in [2.24, 2.45) is 40.9 Å². The summed E-state index contributed by atoms with van der Waals surface area (Å²) >= 11 is 0. The fourth-order valence-corrected chi connectivity index (χ4v) is 8.28. The largest absolute Gasteiger partial charge is 0.387 e. The molecule has 5 heteroatoms. The average molecular weight is 403 g/mol. The number of Topliss-reactive ketones (excluding diaryl/α,β-unsaturated/α-hetero) is 1. The Bertz CT molecular complexity index is 752. The van der Waals surface area contributed by atoms with Gasteiger partial charge in [0.1, 0.15) is 6.67 Å². The first kappa shape index (κ1) is 19.7. The van der Waals surface area contributed by atoms with Crippen LogP contribution < -0.4 is 0 Å². The van der Waals surface area contributed by atoms with Crippen LogP contribution in [0, 0.1) is 40.9 Å². The maximum Gasteiger partial charge on any atom is 0.157 e. The Morgan fingerprint density at radius 2 is 1.97 bits per heavy atom. The maximum atomic E-state index is 13.3. The molecular formula is C24H35FN2O2. The lowest BCUT2D eigenvalue weighted by molar-refractivity contribution is -0.134. The first-order valence-corrected chi connectivity index (χ1v) is 11.7. The summed E-state index contributed by atoms with van der Waals surface area (Å²) in [6.45, 7) is 2.20. The highest BCUT2D eigenvalue weighted by atomic mass is 19.1. The van der Waals surface area contributed by atoms with Crippen molar-refractivity contribution in [2.45, 2.75) is 76.9 Å². The zero-order valence-electron chi connectivity index (χ0n) is 17.6. The first-order valence-electron chi connectivity index (χ1n) is 11.7. The number of aromatic nitrogens is 2. The van der Waals surface area contributed by atoms with Gasteiger partial charge in [0.25, 0.3) is 0 Å². The summed E-state index contributed by atoms with van der Waals surface area (Å²) in [6, 6.07) is 1.88. The molecule has 4 nitrogen and oxygen atoms in total. The first-order chi connectivity index (χ1) is 13.9. The van der Waals surface area contributed by atoms with Crippen LogP contribution in [0.15, 0.2) is 18.5 Å². The molecule has 1 N–H and O–H groups in total. The number of alkyl halides is 1. The van der Waals surface area contributed by atoms with Gasteiger partial charge in [0.05, 0.1) is 12.1 Å². The van der Waals surface area contributed by atoms with E-state index in [1.807, 2.05) is 12.3 Å². The predicted octanol–water partition coefficient (Wildman–Crippen LogP) is 4.42. The third-order valence-corrected chi connectivity index (χ3v) is 9.62. The average Bonchev–Trinajstić information content (AvgIpc) is 3.34. The third-order valence-electron chi connectivity index (χ3n) is 9.62. The molecule has 8 atom stereocenters. The van der Waals surface area contributed by atoms with Gasteiger partial charge >= 0.3 is 0 Å². The molecule has 1 heterocycles. The highest BCUT2D eigenvalue weighted by Crippen LogP contribution is 2.64. The minimum atomic E-state index is -1.06. The van der Waals surface area contributed by atoms with Gasteiger partial charge in [-0.25, -0.2) is 4.39 Å². The van der Waals surface area contributed by atoms with Crippen LogP contribution in [0.3, 0.4) is 0 Å². The standard InChI is InChI=1S/C24H35FN2O2/c1-23-9-7-18-17-8-10-24(29,15-25)13-16(17)3-4-19(18)20(23)5-6-21(23)22(28)14-27-12-2-11-26-27/h2,11-12,16-21,29H,3-10,13-15H2,1H3/t16-,17-,18+,19+,20-,21+,23-,24+/m0/s1. The van der Waals surface area contributed by atoms with E-state index in [0.717, 1.165) is 31.6 Å². The molecule has 0 aromatic carbocycles. The molecule has 0 radical (unpaired) electrons. The Hall–Kier alpha value is -1.23. The normalized spacial score (nSPS) is 46.6. The minimum absolute atomic E-state index is 0.132. The Morgan fingerprint density at radius 3 is 2.72 bits per heavy atom. The van der Waals surface area contributed by atoms with Crippen LogP contribution in [0.2, 0.25) is 0 Å². The van der Waals surface area contributed by atoms with Gasteiger partial charge in [-0.3, -0.25) is 9.48 Å². The Labute approximate surface area is 173 Å². The molecule has 1 aromatic heterocycles. The summed E-state index contributed by atoms with van der Waals surface area (Å²) in [7, 11) is 0. The molecule has 4 fully saturated rings. The number of carbonyl (C=O) groups is 1. The predicted molar refractivity (Wildman–Crippen MR) is 109 cm³/mol. The molecule has 5 rings (SSSR count). The summed E-state index contributed by atoms with van der Waals surface area (Å²) in [4.78, 5) is 13.1. The van der Waals surface area contributed by atoms with Crippen molar-refractivity contribution < 1.29 is 14.3 Å². The number of halogens is 1. The topological polar surface area (TPSA) is 55.1 Å². The van der Waals surface area contributed by atoms with Crippen molar-refractivity contribution in [1.29, 1.82) is 0 Å². The molecule has 0 bridgehead atoms. The summed E-state index contributed by atoms with van der Waals surface area (Å²) in [5.74, 6) is 3.76. The van der Waals surface area contributed by atoms with Gasteiger partial charge < -0.3 is 5.11 Å². The van der Waals surface area contributed by atoms with E-state index in [9.17, 15) is 14.3 Å². The van der Waals surface area contributed by atoms with Crippen LogP contribution in [-0.4, -0.2) is 32.9 Å². The number of carbonyl (C=O) groups excluding carboxylic acids is 1. The van der Waals surface area contributed by atoms with Crippen LogP contribution in [0.1, 0.15) is 64.7 Å². The van der Waals surface area contributed by atoms with Gasteiger partial charge in [0, 0.05) is 18.3 Å². The number of ketones is 1. The van der Waals surface area contributed by atoms with Crippen molar-refractivity contribution in [2.75, 3.05) is 6.67 Å². The quantitative estimate of drug-likeness (QED) is 0.811. The Balaban J connectivity index is 1.31. The van der Waals surface area contributed by atoms with Gasteiger partial charge in [-0.1, -0.05) is 6.92 Å². The Morgan fingerprint density at radius 1 is 1.14 bits per heavy atom. The van der Waals surface area contributed by atoms with E-state index < -0.39 is 12.3 Å². The molecule has 0 unspecified atom stereocenters. The van der Waals surface area contributed by atoms with Gasteiger partial charge in [-0.15, -0.1) is 0 Å². The van der Waals surface area contributed by atoms with E-state index in [2.05, 4.69) is 12.0 Å². The van der Waals surface area contributed by atoms with Gasteiger partial charge in [0.15, 0.2) is 5.78 Å². The van der Waals surface area contributed by atoms with Crippen LogP contribution >= 0.6 is 0 Å². The van der Waals surface area contributed by atoms with E-state index in [4.69, 9.17) is 0 Å². The maximum absolute atomic E-state index is 13.3. The zero-order chi connectivity index (χ0) is 20.2. The van der Waals surface area contributed by atoms with Crippen LogP contribution in [-0.2, 0) is 11.3 Å². The number of fused-ring (bicyclic) bond motifs is 5. The molecule has 160 valence electrons. The van der Waals surface area contributed by atoms with Gasteiger partial charge in [0.2, 0.25) is 0 Å². The lowest BCUT2D eigenvalue weighted by Gasteiger charge is -2.56. The van der Waals surface area contributed by atoms with Crippen molar-refractivity contribution in [3.8, 4) is 0 Å². The molecule has 0 saturated heterocycles. The second kappa shape index (κ2) is 7.18. The number of rotatable bonds is 4. The van der Waals surface area contributed by atoms with E-state index in [1.165, 1.54) is 19.3 Å². The van der Waals surface area contributed by atoms with E-state index in [-0.39, 0.29) is 11.3 Å². The molecule has 4 aliphatic carbocycles. The molecule has 0 amide bonds. The highest BCUT2D eigenvalue weighted by Gasteiger charge is 2.58. The highest BCUT2D eigenvalue weighted by molar-refractivity contribution is 5.82. The third kappa shape index (κ3) is 3.19. The van der Waals surface area contributed by atoms with Crippen LogP contribution in [0.25, 0.3) is 0 Å². The molecule has 4 aliphatic rings. The molecule has 4 saturated carbocycles. The van der Waals surface area contributed by atoms with Crippen LogP contribution in [0.4, 0.5) is 4.39 Å². The lowest BCUT2D eigenvalue weighted by atomic mass is 9.49. The second-order valence-corrected chi connectivity index (χ2v) is 10.9. The van der Waals surface area contributed by atoms with Crippen molar-refractivity contribution in [1.82, 2.24) is 9.78 Å². The minimum Gasteiger partial charge on any atom is -0.387 e. The number of aliphatic hydroxyl groups is 1. The summed E-state index contributed by atoms with van der Waals surface area (Å²) in [5.41, 5.74) is -0.929. The molecule has 29 heavy (non-hydrogen) atoms. The second-order valence-electron chi connectivity index (χ2n) is 10.9. The zero-order valence-corrected chi connectivity index (χ0v) is 17.6. The van der Waals surface area contributed by atoms with E-state index in [0.29, 0.717) is 48.8 Å². The van der Waals surface area contributed by atoms with E-state index in [1.54, 1.807) is 10.9 Å². The number of hydrogen-bond acceptors (Lipinski definition) is 3. The number of nitrogens with zero attached hydrogens (tertiary/aromatic N) is 2. The summed E-state index contributed by atoms with van der Waals surface area (Å²) in [5, 5.41) is 14.7. The van der Waals surface area contributed by atoms with Crippen LogP contribution in [0.5, 0.6) is 0 Å². The fourth-order valence-electron chi connectivity index (χ4n) is 8.28. The monoisotopic (exact) mass is 402 g/mol. The smallest absolute Gasteiger partial charge is 0.157 e. The van der Waals surface area contributed by atoms with Gasteiger partial charge in [-0.05, 0) is 98.9 Å². The molecule has 1 aromatic rings. The Kier molecular flexibility index (Phi) is 4.88. The summed E-state index contributed by atoms with van der Waals surface area (Å²) in [6.07, 6.45) is 12.8. The lowest BCUT2D eigenvalue weighted by Crippen LogP contribution is -2.52. The fraction of sp³-hybridized carbons (Fsp3) is 0.833. The van der Waals surface area contributed by atoms with E-state index >= 15 is 0 Å². The molecule has 0 aliphatic heterocycles. The van der Waals surface area contributed by atoms with Gasteiger partial charge in [-0.2, -0.15) is 5.10 Å². The molecular weight excluding hydrogens is 367 g/mol. The van der Waals surface area contributed by atoms with Crippen molar-refractivity contribution >= 4 is 5.78 Å². The molecule has 0 spiro atoms. The van der Waals surface area contributed by atoms with Crippen molar-refractivity contribution in [3.05, 3.63) is 18.5 Å². The summed E-state index contributed by atoms with van der Waals surface area (Å²) < 4.78 is 15.1. The van der Waals surface area contributed by atoms with Crippen molar-refractivity contribution in [3.63, 3.8) is 0 Å².